The molecule has 0 atom stereocenters. The highest BCUT2D eigenvalue weighted by Gasteiger charge is 2.21. The van der Waals surface area contributed by atoms with E-state index in [1.807, 2.05) is 28.2 Å². The van der Waals surface area contributed by atoms with Gasteiger partial charge in [0.05, 0.1) is 13.2 Å². The largest absolute Gasteiger partial charge is 0.462 e. The summed E-state index contributed by atoms with van der Waals surface area (Å²) < 4.78 is 10.2. The number of carbonyl (C=O) groups is 2. The minimum absolute atomic E-state index is 0.0534. The molecular weight excluding hydrogens is 308 g/mol. The first-order chi connectivity index (χ1) is 10.9. The molecule has 0 fully saturated rings. The molecule has 0 aromatic rings. The number of esters is 2. The lowest BCUT2D eigenvalue weighted by atomic mass is 10.0. The fraction of sp³-hybridized carbons (Fsp3) is 0.778. The van der Waals surface area contributed by atoms with Gasteiger partial charge in [-0.05, 0) is 68.7 Å². The molecule has 0 aliphatic carbocycles. The second-order valence-corrected chi connectivity index (χ2v) is 7.58. The number of hydrogen-bond acceptors (Lipinski definition) is 6. The van der Waals surface area contributed by atoms with Gasteiger partial charge < -0.3 is 19.3 Å². The van der Waals surface area contributed by atoms with Crippen LogP contribution in [0.15, 0.2) is 12.2 Å². The molecular formula is C18H34N2O4. The molecule has 0 rings (SSSR count). The van der Waals surface area contributed by atoms with Gasteiger partial charge in [0.15, 0.2) is 0 Å². The van der Waals surface area contributed by atoms with Gasteiger partial charge in [0.2, 0.25) is 0 Å². The van der Waals surface area contributed by atoms with Crippen LogP contribution in [0.1, 0.15) is 40.5 Å². The van der Waals surface area contributed by atoms with Crippen molar-refractivity contribution in [3.05, 3.63) is 12.2 Å². The first-order valence-electron chi connectivity index (χ1n) is 8.25. The molecule has 140 valence electrons. The van der Waals surface area contributed by atoms with Crippen molar-refractivity contribution < 1.29 is 19.1 Å². The lowest BCUT2D eigenvalue weighted by Gasteiger charge is -2.32. The molecule has 0 heterocycles. The SMILES string of the molecule is CN(C)C(C)(C)CCOC(=O)/C=C/C(=O)OCCC(C)(C)N(C)C. The van der Waals surface area contributed by atoms with Gasteiger partial charge in [0.25, 0.3) is 0 Å². The number of rotatable bonds is 10. The monoisotopic (exact) mass is 342 g/mol. The normalized spacial score (nSPS) is 12.9. The van der Waals surface area contributed by atoms with Crippen LogP contribution in [0.5, 0.6) is 0 Å². The van der Waals surface area contributed by atoms with E-state index in [0.717, 1.165) is 12.2 Å². The molecule has 6 nitrogen and oxygen atoms in total. The van der Waals surface area contributed by atoms with Gasteiger partial charge in [-0.2, -0.15) is 0 Å². The standard InChI is InChI=1S/C18H34N2O4/c1-17(2,19(5)6)11-13-23-15(21)9-10-16(22)24-14-12-18(3,4)20(7)8/h9-10H,11-14H2,1-8H3/b10-9+. The highest BCUT2D eigenvalue weighted by Crippen LogP contribution is 2.15. The van der Waals surface area contributed by atoms with Crippen molar-refractivity contribution in [1.29, 1.82) is 0 Å². The van der Waals surface area contributed by atoms with Crippen molar-refractivity contribution in [2.45, 2.75) is 51.6 Å². The lowest BCUT2D eigenvalue weighted by molar-refractivity contribution is -0.141. The molecule has 0 bridgehead atoms. The van der Waals surface area contributed by atoms with Gasteiger partial charge in [-0.3, -0.25) is 0 Å². The third-order valence-electron chi connectivity index (χ3n) is 4.69. The summed E-state index contributed by atoms with van der Waals surface area (Å²) in [5, 5.41) is 0. The van der Waals surface area contributed by atoms with Crippen LogP contribution in [0.4, 0.5) is 0 Å². The summed E-state index contributed by atoms with van der Waals surface area (Å²) in [5.41, 5.74) is -0.107. The minimum Gasteiger partial charge on any atom is -0.462 e. The van der Waals surface area contributed by atoms with Crippen LogP contribution < -0.4 is 0 Å². The minimum atomic E-state index is -0.532. The average Bonchev–Trinajstić information content (AvgIpc) is 2.44. The molecule has 0 aliphatic rings. The van der Waals surface area contributed by atoms with Gasteiger partial charge in [-0.25, -0.2) is 9.59 Å². The van der Waals surface area contributed by atoms with Crippen LogP contribution in [0.3, 0.4) is 0 Å². The average molecular weight is 342 g/mol. The maximum absolute atomic E-state index is 11.6. The fourth-order valence-electron chi connectivity index (χ4n) is 1.48. The topological polar surface area (TPSA) is 59.1 Å². The van der Waals surface area contributed by atoms with Crippen molar-refractivity contribution >= 4 is 11.9 Å². The van der Waals surface area contributed by atoms with Gasteiger partial charge in [-0.15, -0.1) is 0 Å². The second kappa shape index (κ2) is 9.79. The van der Waals surface area contributed by atoms with E-state index in [4.69, 9.17) is 9.47 Å². The van der Waals surface area contributed by atoms with Crippen LogP contribution in [-0.2, 0) is 19.1 Å². The van der Waals surface area contributed by atoms with Crippen molar-refractivity contribution in [3.8, 4) is 0 Å². The third-order valence-corrected chi connectivity index (χ3v) is 4.69. The summed E-state index contributed by atoms with van der Waals surface area (Å²) in [6.45, 7) is 8.90. The van der Waals surface area contributed by atoms with E-state index in [0.29, 0.717) is 26.1 Å². The highest BCUT2D eigenvalue weighted by molar-refractivity contribution is 5.91. The van der Waals surface area contributed by atoms with Crippen LogP contribution >= 0.6 is 0 Å². The van der Waals surface area contributed by atoms with Gasteiger partial charge in [-0.1, -0.05) is 0 Å². The Labute approximate surface area is 146 Å². The predicted octanol–water partition coefficient (Wildman–Crippen LogP) is 2.09. The molecule has 0 saturated carbocycles. The molecule has 0 aromatic heterocycles. The Balaban J connectivity index is 4.08. The zero-order valence-electron chi connectivity index (χ0n) is 16.5. The molecule has 0 spiro atoms. The Morgan fingerprint density at radius 3 is 1.29 bits per heavy atom. The highest BCUT2D eigenvalue weighted by atomic mass is 16.5. The van der Waals surface area contributed by atoms with E-state index in [1.54, 1.807) is 0 Å². The van der Waals surface area contributed by atoms with Crippen molar-refractivity contribution in [3.63, 3.8) is 0 Å². The number of carbonyl (C=O) groups excluding carboxylic acids is 2. The number of hydrogen-bond donors (Lipinski definition) is 0. The fourth-order valence-corrected chi connectivity index (χ4v) is 1.48. The molecule has 6 heteroatoms. The molecule has 0 aliphatic heterocycles. The maximum Gasteiger partial charge on any atom is 0.331 e. The molecule has 24 heavy (non-hydrogen) atoms. The van der Waals surface area contributed by atoms with E-state index < -0.39 is 11.9 Å². The Morgan fingerprint density at radius 2 is 1.04 bits per heavy atom. The van der Waals surface area contributed by atoms with Gasteiger partial charge in [0.1, 0.15) is 0 Å². The summed E-state index contributed by atoms with van der Waals surface area (Å²) in [4.78, 5) is 27.3. The summed E-state index contributed by atoms with van der Waals surface area (Å²) in [6.07, 6.45) is 3.65. The zero-order chi connectivity index (χ0) is 19.0. The Kier molecular flexibility index (Phi) is 9.22. The quantitative estimate of drug-likeness (QED) is 0.447. The first-order valence-corrected chi connectivity index (χ1v) is 8.25. The van der Waals surface area contributed by atoms with Gasteiger partial charge >= 0.3 is 11.9 Å². The summed E-state index contributed by atoms with van der Waals surface area (Å²) in [6, 6.07) is 0. The second-order valence-electron chi connectivity index (χ2n) is 7.58. The van der Waals surface area contributed by atoms with Crippen molar-refractivity contribution in [1.82, 2.24) is 9.80 Å². The Bertz CT molecular complexity index is 400. The molecule has 0 N–H and O–H groups in total. The summed E-state index contributed by atoms with van der Waals surface area (Å²) >= 11 is 0. The smallest absolute Gasteiger partial charge is 0.331 e. The molecule has 0 aromatic carbocycles. The van der Waals surface area contributed by atoms with Crippen LogP contribution in [0.2, 0.25) is 0 Å². The van der Waals surface area contributed by atoms with E-state index in [1.165, 1.54) is 0 Å². The molecule has 0 radical (unpaired) electrons. The van der Waals surface area contributed by atoms with E-state index >= 15 is 0 Å². The van der Waals surface area contributed by atoms with E-state index in [2.05, 4.69) is 37.5 Å². The number of ether oxygens (including phenoxy) is 2. The van der Waals surface area contributed by atoms with Crippen LogP contribution in [0.25, 0.3) is 0 Å². The van der Waals surface area contributed by atoms with Gasteiger partial charge in [0, 0.05) is 23.2 Å². The maximum atomic E-state index is 11.6. The Hall–Kier alpha value is -1.40. The molecule has 0 amide bonds. The van der Waals surface area contributed by atoms with E-state index in [-0.39, 0.29) is 11.1 Å². The van der Waals surface area contributed by atoms with Crippen molar-refractivity contribution in [2.75, 3.05) is 41.4 Å². The van der Waals surface area contributed by atoms with Crippen LogP contribution in [0, 0.1) is 0 Å². The first kappa shape index (κ1) is 22.6. The Morgan fingerprint density at radius 1 is 0.750 bits per heavy atom. The molecule has 0 unspecified atom stereocenters. The number of nitrogens with zero attached hydrogens (tertiary/aromatic N) is 2. The predicted molar refractivity (Wildman–Crippen MR) is 95.8 cm³/mol. The third kappa shape index (κ3) is 9.03. The van der Waals surface area contributed by atoms with Crippen LogP contribution in [-0.4, -0.2) is 74.2 Å². The van der Waals surface area contributed by atoms with Crippen molar-refractivity contribution in [2.24, 2.45) is 0 Å². The zero-order valence-corrected chi connectivity index (χ0v) is 16.5. The lowest BCUT2D eigenvalue weighted by Crippen LogP contribution is -2.39. The summed E-state index contributed by atoms with van der Waals surface area (Å²) in [5.74, 6) is -1.06. The van der Waals surface area contributed by atoms with E-state index in [9.17, 15) is 9.59 Å². The summed E-state index contributed by atoms with van der Waals surface area (Å²) in [7, 11) is 7.93. The molecule has 0 saturated heterocycles.